The molecule has 0 aromatic heterocycles. The van der Waals surface area contributed by atoms with Crippen molar-refractivity contribution in [1.29, 1.82) is 0 Å². The quantitative estimate of drug-likeness (QED) is 0.0595. The number of unbranched alkanes of at least 4 members (excludes halogenated alkanes) is 1. The van der Waals surface area contributed by atoms with Gasteiger partial charge in [-0.15, -0.1) is 0 Å². The first-order valence-electron chi connectivity index (χ1n) is 22.6. The third kappa shape index (κ3) is 12.0. The van der Waals surface area contributed by atoms with Gasteiger partial charge in [-0.05, 0) is 84.5 Å². The number of nitrogens with two attached hydrogens (primary N) is 2. The first-order chi connectivity index (χ1) is 31.9. The maximum Gasteiger partial charge on any atom is 0.226 e. The predicted octanol–water partition coefficient (Wildman–Crippen LogP) is 7.25. The fraction of sp³-hybridized carbons (Fsp3) is 0.385. The second kappa shape index (κ2) is 21.9. The number of amides is 3. The van der Waals surface area contributed by atoms with Crippen molar-refractivity contribution in [3.05, 3.63) is 119 Å². The highest BCUT2D eigenvalue weighted by molar-refractivity contribution is 6.30. The number of Topliss-reactive ketones (excluding diaryl/α,β-unsaturated/α-hetero) is 3. The average Bonchev–Trinajstić information content (AvgIpc) is 3.70. The standard InChI is InChI=1S/C52H59ClFN5O8/c1-29-21-48(64)49(58(4)52(67)37(7-5-6-20-55)26-46(62)35-11-9-33(10-12-35)34-13-16-38(53)17-14-34)36-15-19-45(61)41(25-36)40-23-32(8-18-44(40)60)24-42(57-50(29)65)47(63)22-30(2)51(66)59-28-39(54)27-43(59)31(3)56/h8-19,23,25,29-30,37,39,42-43,49,60-61H,3,5-7,20-22,24,26-28,55-56H2,1-2,4H3,(H,57,65)/t29-,30-,37-,39+,42+,43+,49+/m1/s1. The number of nitrogens with zero attached hydrogens (tertiary/aromatic N) is 2. The molecule has 0 unspecified atom stereocenters. The Morgan fingerprint density at radius 1 is 0.910 bits per heavy atom. The number of benzene rings is 4. The molecular formula is C52H59ClFN5O8. The first-order valence-corrected chi connectivity index (χ1v) is 23.0. The number of ketones is 3. The lowest BCUT2D eigenvalue weighted by Crippen LogP contribution is -2.47. The minimum atomic E-state index is -1.31. The Morgan fingerprint density at radius 3 is 2.18 bits per heavy atom. The van der Waals surface area contributed by atoms with Crippen molar-refractivity contribution in [3.63, 3.8) is 0 Å². The minimum absolute atomic E-state index is 0.000444. The van der Waals surface area contributed by atoms with Crippen LogP contribution in [0.15, 0.2) is 97.2 Å². The summed E-state index contributed by atoms with van der Waals surface area (Å²) >= 11 is 6.06. The maximum absolute atomic E-state index is 14.7. The number of hydrogen-bond donors (Lipinski definition) is 5. The number of fused-ring (bicyclic) bond motifs is 5. The van der Waals surface area contributed by atoms with Gasteiger partial charge in [0.05, 0.1) is 18.6 Å². The van der Waals surface area contributed by atoms with Crippen LogP contribution in [-0.4, -0.2) is 93.5 Å². The van der Waals surface area contributed by atoms with Crippen LogP contribution in [0.4, 0.5) is 4.39 Å². The van der Waals surface area contributed by atoms with Crippen molar-refractivity contribution in [1.82, 2.24) is 15.1 Å². The summed E-state index contributed by atoms with van der Waals surface area (Å²) in [5.74, 6) is -6.19. The van der Waals surface area contributed by atoms with Crippen LogP contribution in [0.25, 0.3) is 22.3 Å². The fourth-order valence-electron chi connectivity index (χ4n) is 9.08. The van der Waals surface area contributed by atoms with E-state index in [0.717, 1.165) is 11.1 Å². The zero-order chi connectivity index (χ0) is 48.7. The molecule has 2 aliphatic rings. The van der Waals surface area contributed by atoms with E-state index in [1.165, 1.54) is 48.0 Å². The molecule has 4 bridgehead atoms. The largest absolute Gasteiger partial charge is 0.507 e. The number of halogens is 2. The van der Waals surface area contributed by atoms with Gasteiger partial charge in [0.2, 0.25) is 17.7 Å². The van der Waals surface area contributed by atoms with Gasteiger partial charge < -0.3 is 36.8 Å². The molecule has 0 radical (unpaired) electrons. The molecule has 7 atom stereocenters. The van der Waals surface area contributed by atoms with E-state index < -0.39 is 71.3 Å². The molecule has 67 heavy (non-hydrogen) atoms. The van der Waals surface area contributed by atoms with Crippen molar-refractivity contribution >= 4 is 46.7 Å². The van der Waals surface area contributed by atoms with Crippen LogP contribution < -0.4 is 16.8 Å². The number of carbonyl (C=O) groups excluding carboxylic acids is 6. The second-order valence-electron chi connectivity index (χ2n) is 18.0. The number of carbonyl (C=O) groups is 6. The summed E-state index contributed by atoms with van der Waals surface area (Å²) < 4.78 is 14.4. The molecule has 2 aliphatic heterocycles. The number of hydrogen-bond acceptors (Lipinski definition) is 10. The van der Waals surface area contributed by atoms with E-state index in [1.54, 1.807) is 43.3 Å². The lowest BCUT2D eigenvalue weighted by molar-refractivity contribution is -0.142. The van der Waals surface area contributed by atoms with Gasteiger partial charge in [-0.1, -0.05) is 87.0 Å². The van der Waals surface area contributed by atoms with Gasteiger partial charge in [0.25, 0.3) is 0 Å². The molecule has 2 heterocycles. The van der Waals surface area contributed by atoms with E-state index in [1.807, 2.05) is 24.3 Å². The second-order valence-corrected chi connectivity index (χ2v) is 18.4. The van der Waals surface area contributed by atoms with Gasteiger partial charge >= 0.3 is 0 Å². The summed E-state index contributed by atoms with van der Waals surface area (Å²) in [6, 6.07) is 20.0. The number of rotatable bonds is 15. The van der Waals surface area contributed by atoms with Crippen molar-refractivity contribution in [2.24, 2.45) is 29.2 Å². The molecule has 4 aromatic rings. The molecule has 6 rings (SSSR count). The number of likely N-dealkylation sites (N-methyl/N-ethyl adjacent to an activating group) is 1. The molecule has 7 N–H and O–H groups in total. The first kappa shape index (κ1) is 50.0. The van der Waals surface area contributed by atoms with Gasteiger partial charge in [0, 0.05) is 77.9 Å². The summed E-state index contributed by atoms with van der Waals surface area (Å²) in [5.41, 5.74) is 15.1. The van der Waals surface area contributed by atoms with Crippen LogP contribution in [0.2, 0.25) is 5.02 Å². The summed E-state index contributed by atoms with van der Waals surface area (Å²) in [7, 11) is 1.46. The van der Waals surface area contributed by atoms with Gasteiger partial charge in [-0.3, -0.25) is 28.8 Å². The van der Waals surface area contributed by atoms with E-state index >= 15 is 0 Å². The average molecular weight is 937 g/mol. The van der Waals surface area contributed by atoms with Crippen LogP contribution in [-0.2, 0) is 30.4 Å². The van der Waals surface area contributed by atoms with E-state index in [9.17, 15) is 43.4 Å². The predicted molar refractivity (Wildman–Crippen MR) is 255 cm³/mol. The van der Waals surface area contributed by atoms with Crippen LogP contribution in [0.5, 0.6) is 11.5 Å². The van der Waals surface area contributed by atoms with Crippen LogP contribution in [0.1, 0.15) is 86.3 Å². The zero-order valence-electron chi connectivity index (χ0n) is 38.1. The Hall–Kier alpha value is -6.38. The SMILES string of the molecule is C=C(N)[C@@H]1C[C@H](F)CN1C(=O)[C@H](C)CC(=O)[C@@H]1Cc2ccc(O)c(c2)-c2cc(ccc2O)[C@H](N(C)C(=O)[C@H](CCCCN)CC(=O)c2ccc(-c3ccc(Cl)cc3)cc2)C(=O)C[C@@H](C)C(=O)N1. The van der Waals surface area contributed by atoms with Gasteiger partial charge in [0.1, 0.15) is 23.7 Å². The Labute approximate surface area is 395 Å². The molecule has 0 aliphatic carbocycles. The third-order valence-corrected chi connectivity index (χ3v) is 13.1. The van der Waals surface area contributed by atoms with Gasteiger partial charge in [0.15, 0.2) is 17.3 Å². The van der Waals surface area contributed by atoms with E-state index in [0.29, 0.717) is 42.0 Å². The number of likely N-dealkylation sites (tertiary alicyclic amines) is 1. The molecular weight excluding hydrogens is 877 g/mol. The molecule has 0 saturated carbocycles. The molecule has 3 amide bonds. The Kier molecular flexibility index (Phi) is 16.4. The Bertz CT molecular complexity index is 2520. The Balaban J connectivity index is 1.29. The zero-order valence-corrected chi connectivity index (χ0v) is 38.8. The molecule has 15 heteroatoms. The van der Waals surface area contributed by atoms with E-state index in [2.05, 4.69) is 11.9 Å². The molecule has 0 spiro atoms. The molecule has 1 fully saturated rings. The van der Waals surface area contributed by atoms with Crippen molar-refractivity contribution in [3.8, 4) is 33.8 Å². The number of phenolic OH excluding ortho intramolecular Hbond substituents is 2. The lowest BCUT2D eigenvalue weighted by Gasteiger charge is -2.32. The summed E-state index contributed by atoms with van der Waals surface area (Å²) in [6.45, 7) is 6.95. The summed E-state index contributed by atoms with van der Waals surface area (Å²) in [6.07, 6.45) is -0.805. The van der Waals surface area contributed by atoms with Gasteiger partial charge in [-0.2, -0.15) is 0 Å². The monoisotopic (exact) mass is 935 g/mol. The molecule has 1 saturated heterocycles. The smallest absolute Gasteiger partial charge is 0.226 e. The van der Waals surface area contributed by atoms with Gasteiger partial charge in [-0.25, -0.2) is 4.39 Å². The van der Waals surface area contributed by atoms with Crippen LogP contribution >= 0.6 is 11.6 Å². The maximum atomic E-state index is 14.7. The van der Waals surface area contributed by atoms with Crippen molar-refractivity contribution in [2.45, 2.75) is 89.5 Å². The summed E-state index contributed by atoms with van der Waals surface area (Å²) in [4.78, 5) is 87.5. The Morgan fingerprint density at radius 2 is 1.54 bits per heavy atom. The fourth-order valence-corrected chi connectivity index (χ4v) is 9.21. The number of phenols is 2. The molecule has 13 nitrogen and oxygen atoms in total. The summed E-state index contributed by atoms with van der Waals surface area (Å²) in [5, 5.41) is 25.8. The number of alkyl halides is 1. The molecule has 4 aromatic carbocycles. The minimum Gasteiger partial charge on any atom is -0.507 e. The van der Waals surface area contributed by atoms with E-state index in [4.69, 9.17) is 23.1 Å². The topological polar surface area (TPSA) is 213 Å². The number of nitrogens with one attached hydrogen (secondary N) is 1. The molecule has 354 valence electrons. The van der Waals surface area contributed by atoms with Crippen molar-refractivity contribution in [2.75, 3.05) is 20.1 Å². The number of aromatic hydroxyl groups is 2. The lowest BCUT2D eigenvalue weighted by atomic mass is 9.87. The highest BCUT2D eigenvalue weighted by atomic mass is 35.5. The van der Waals surface area contributed by atoms with Crippen LogP contribution in [0, 0.1) is 17.8 Å². The third-order valence-electron chi connectivity index (χ3n) is 12.9. The van der Waals surface area contributed by atoms with Crippen LogP contribution in [0.3, 0.4) is 0 Å². The normalized spacial score (nSPS) is 20.6. The van der Waals surface area contributed by atoms with E-state index in [-0.39, 0.29) is 78.3 Å². The highest BCUT2D eigenvalue weighted by Gasteiger charge is 2.40. The highest BCUT2D eigenvalue weighted by Crippen LogP contribution is 2.40. The van der Waals surface area contributed by atoms with Crippen molar-refractivity contribution < 1.29 is 43.4 Å².